The number of benzene rings is 1. The van der Waals surface area contributed by atoms with E-state index >= 15 is 0 Å². The first kappa shape index (κ1) is 16.0. The van der Waals surface area contributed by atoms with Gasteiger partial charge in [-0.3, -0.25) is 4.79 Å². The highest BCUT2D eigenvalue weighted by Gasteiger charge is 2.22. The zero-order valence-electron chi connectivity index (χ0n) is 14.3. The topological polar surface area (TPSA) is 48.0 Å². The fraction of sp³-hybridized carbons (Fsp3) is 0.450. The highest BCUT2D eigenvalue weighted by molar-refractivity contribution is 5.37. The first-order chi connectivity index (χ1) is 11.0. The van der Waals surface area contributed by atoms with Gasteiger partial charge in [-0.25, -0.2) is 0 Å². The summed E-state index contributed by atoms with van der Waals surface area (Å²) in [4.78, 5) is 13.0. The maximum absolute atomic E-state index is 13.0. The summed E-state index contributed by atoms with van der Waals surface area (Å²) in [6.45, 7) is 7.14. The Morgan fingerprint density at radius 2 is 1.87 bits per heavy atom. The minimum absolute atomic E-state index is 0.0902. The van der Waals surface area contributed by atoms with Crippen molar-refractivity contribution in [2.24, 2.45) is 11.7 Å². The first-order valence-corrected chi connectivity index (χ1v) is 8.55. The molecule has 122 valence electrons. The van der Waals surface area contributed by atoms with Gasteiger partial charge in [0.25, 0.3) is 5.56 Å². The van der Waals surface area contributed by atoms with Crippen molar-refractivity contribution in [3.05, 3.63) is 68.6 Å². The molecule has 0 saturated heterocycles. The molecule has 0 spiro atoms. The molecule has 0 amide bonds. The molecule has 2 N–H and O–H groups in total. The number of rotatable bonds is 4. The maximum Gasteiger partial charge on any atom is 0.255 e. The molecule has 3 nitrogen and oxygen atoms in total. The lowest BCUT2D eigenvalue weighted by molar-refractivity contribution is 0.494. The molecule has 2 aromatic rings. The highest BCUT2D eigenvalue weighted by Crippen LogP contribution is 2.25. The van der Waals surface area contributed by atoms with Gasteiger partial charge < -0.3 is 10.3 Å². The molecule has 0 bridgehead atoms. The summed E-state index contributed by atoms with van der Waals surface area (Å²) < 4.78 is 1.98. The summed E-state index contributed by atoms with van der Waals surface area (Å²) in [6.07, 6.45) is 3.20. The second kappa shape index (κ2) is 6.32. The van der Waals surface area contributed by atoms with E-state index in [-0.39, 0.29) is 11.6 Å². The van der Waals surface area contributed by atoms with Gasteiger partial charge in [0.1, 0.15) is 0 Å². The maximum atomic E-state index is 13.0. The highest BCUT2D eigenvalue weighted by atomic mass is 16.1. The van der Waals surface area contributed by atoms with Crippen LogP contribution >= 0.6 is 0 Å². The summed E-state index contributed by atoms with van der Waals surface area (Å²) in [7, 11) is 0. The zero-order valence-corrected chi connectivity index (χ0v) is 14.3. The fourth-order valence-electron chi connectivity index (χ4n) is 3.48. The molecular weight excluding hydrogens is 284 g/mol. The van der Waals surface area contributed by atoms with E-state index in [9.17, 15) is 4.79 Å². The van der Waals surface area contributed by atoms with Crippen LogP contribution in [-0.2, 0) is 19.4 Å². The third-order valence-corrected chi connectivity index (χ3v) is 4.70. The summed E-state index contributed by atoms with van der Waals surface area (Å²) in [5, 5.41) is 0. The Bertz CT molecular complexity index is 756. The Hall–Kier alpha value is -1.87. The van der Waals surface area contributed by atoms with Crippen molar-refractivity contribution in [3.8, 4) is 0 Å². The van der Waals surface area contributed by atoms with Gasteiger partial charge in [-0.1, -0.05) is 43.7 Å². The lowest BCUT2D eigenvalue weighted by atomic mass is 9.97. The first-order valence-electron chi connectivity index (χ1n) is 8.55. The van der Waals surface area contributed by atoms with Gasteiger partial charge in [-0.05, 0) is 49.3 Å². The number of nitrogens with zero attached hydrogens (tertiary/aromatic N) is 1. The Labute approximate surface area is 138 Å². The van der Waals surface area contributed by atoms with Crippen LogP contribution in [-0.4, -0.2) is 4.57 Å². The average Bonchev–Trinajstić information content (AvgIpc) is 2.98. The number of hydrogen-bond donors (Lipinski definition) is 1. The van der Waals surface area contributed by atoms with Crippen LogP contribution in [0, 0.1) is 12.8 Å². The van der Waals surface area contributed by atoms with Crippen LogP contribution in [0.15, 0.2) is 35.1 Å². The quantitative estimate of drug-likeness (QED) is 0.941. The fourth-order valence-corrected chi connectivity index (χ4v) is 3.48. The smallest absolute Gasteiger partial charge is 0.255 e. The molecule has 1 aromatic heterocycles. The van der Waals surface area contributed by atoms with Gasteiger partial charge in [-0.15, -0.1) is 0 Å². The number of aromatic nitrogens is 1. The van der Waals surface area contributed by atoms with E-state index in [0.717, 1.165) is 36.9 Å². The molecule has 0 radical (unpaired) electrons. The van der Waals surface area contributed by atoms with E-state index in [2.05, 4.69) is 39.0 Å². The monoisotopic (exact) mass is 310 g/mol. The normalized spacial score (nSPS) is 15.0. The third kappa shape index (κ3) is 3.11. The van der Waals surface area contributed by atoms with Crippen molar-refractivity contribution >= 4 is 0 Å². The molecule has 23 heavy (non-hydrogen) atoms. The van der Waals surface area contributed by atoms with E-state index in [0.29, 0.717) is 5.92 Å². The Balaban J connectivity index is 2.09. The van der Waals surface area contributed by atoms with Crippen molar-refractivity contribution in [1.29, 1.82) is 0 Å². The lowest BCUT2D eigenvalue weighted by Gasteiger charge is -2.19. The number of aryl methyl sites for hydroxylation is 2. The Kier molecular flexibility index (Phi) is 4.40. The minimum atomic E-state index is -0.354. The molecule has 0 aliphatic heterocycles. The van der Waals surface area contributed by atoms with Crippen molar-refractivity contribution in [2.45, 2.75) is 52.6 Å². The minimum Gasteiger partial charge on any atom is -0.320 e. The summed E-state index contributed by atoms with van der Waals surface area (Å²) in [6, 6.07) is 9.86. The van der Waals surface area contributed by atoms with Crippen molar-refractivity contribution < 1.29 is 0 Å². The lowest BCUT2D eigenvalue weighted by Crippen LogP contribution is -2.32. The van der Waals surface area contributed by atoms with Gasteiger partial charge in [0.15, 0.2) is 0 Å². The zero-order chi connectivity index (χ0) is 16.6. The van der Waals surface area contributed by atoms with Crippen LogP contribution in [0.4, 0.5) is 0 Å². The second-order valence-corrected chi connectivity index (χ2v) is 7.12. The van der Waals surface area contributed by atoms with Crippen LogP contribution in [0.5, 0.6) is 0 Å². The molecule has 1 unspecified atom stereocenters. The van der Waals surface area contributed by atoms with Crippen molar-refractivity contribution in [3.63, 3.8) is 0 Å². The predicted molar refractivity (Wildman–Crippen MR) is 94.8 cm³/mol. The van der Waals surface area contributed by atoms with Gasteiger partial charge in [0.2, 0.25) is 0 Å². The Morgan fingerprint density at radius 1 is 1.17 bits per heavy atom. The van der Waals surface area contributed by atoms with Crippen LogP contribution in [0.25, 0.3) is 0 Å². The molecule has 1 heterocycles. The Morgan fingerprint density at radius 3 is 2.52 bits per heavy atom. The molecular formula is C20H26N2O. The molecule has 1 aromatic carbocycles. The standard InChI is InChI=1S/C20H26N2O/c1-13(2)12-22-18-6-4-5-16(18)11-17(20(22)23)19(21)15-9-7-14(3)8-10-15/h7-11,13,19H,4-6,12,21H2,1-3H3. The van der Waals surface area contributed by atoms with E-state index in [1.807, 2.05) is 16.7 Å². The van der Waals surface area contributed by atoms with Crippen LogP contribution in [0.2, 0.25) is 0 Å². The molecule has 3 heteroatoms. The number of hydrogen-bond acceptors (Lipinski definition) is 2. The molecule has 0 saturated carbocycles. The molecule has 1 aliphatic rings. The van der Waals surface area contributed by atoms with Crippen LogP contribution in [0.3, 0.4) is 0 Å². The van der Waals surface area contributed by atoms with Gasteiger partial charge in [-0.2, -0.15) is 0 Å². The number of pyridine rings is 1. The SMILES string of the molecule is Cc1ccc(C(N)c2cc3c(n(CC(C)C)c2=O)CCC3)cc1. The van der Waals surface area contributed by atoms with E-state index < -0.39 is 0 Å². The molecule has 1 atom stereocenters. The van der Waals surface area contributed by atoms with Gasteiger partial charge in [0, 0.05) is 17.8 Å². The number of fused-ring (bicyclic) bond motifs is 1. The van der Waals surface area contributed by atoms with Gasteiger partial charge >= 0.3 is 0 Å². The van der Waals surface area contributed by atoms with Gasteiger partial charge in [0.05, 0.1) is 6.04 Å². The van der Waals surface area contributed by atoms with E-state index in [4.69, 9.17) is 5.73 Å². The number of nitrogens with two attached hydrogens (primary N) is 1. The molecule has 0 fully saturated rings. The summed E-state index contributed by atoms with van der Waals surface area (Å²) in [5.41, 5.74) is 12.0. The molecule has 1 aliphatic carbocycles. The predicted octanol–water partition coefficient (Wildman–Crippen LogP) is 3.35. The summed E-state index contributed by atoms with van der Waals surface area (Å²) >= 11 is 0. The molecule has 3 rings (SSSR count). The summed E-state index contributed by atoms with van der Waals surface area (Å²) in [5.74, 6) is 0.447. The van der Waals surface area contributed by atoms with Crippen LogP contribution < -0.4 is 11.3 Å². The third-order valence-electron chi connectivity index (χ3n) is 4.70. The van der Waals surface area contributed by atoms with E-state index in [1.54, 1.807) is 0 Å². The largest absolute Gasteiger partial charge is 0.320 e. The van der Waals surface area contributed by atoms with Crippen molar-refractivity contribution in [2.75, 3.05) is 0 Å². The van der Waals surface area contributed by atoms with E-state index in [1.165, 1.54) is 16.8 Å². The van der Waals surface area contributed by atoms with Crippen LogP contribution in [0.1, 0.15) is 54.3 Å². The second-order valence-electron chi connectivity index (χ2n) is 7.12. The van der Waals surface area contributed by atoms with Crippen molar-refractivity contribution in [1.82, 2.24) is 4.57 Å². The average molecular weight is 310 g/mol.